The van der Waals surface area contributed by atoms with Gasteiger partial charge in [0.25, 0.3) is 11.5 Å². The maximum absolute atomic E-state index is 13.2. The minimum absolute atomic E-state index is 0.000264. The number of rotatable bonds is 2. The number of aromatic nitrogens is 2. The van der Waals surface area contributed by atoms with Gasteiger partial charge in [0.15, 0.2) is 5.43 Å². The lowest BCUT2D eigenvalue weighted by atomic mass is 9.94. The average Bonchev–Trinajstić information content (AvgIpc) is 3.16. The molecule has 0 saturated carbocycles. The van der Waals surface area contributed by atoms with E-state index in [4.69, 9.17) is 4.42 Å². The first-order chi connectivity index (χ1) is 15.5. The van der Waals surface area contributed by atoms with E-state index in [2.05, 4.69) is 10.2 Å². The monoisotopic (exact) mass is 427 g/mol. The predicted octanol–water partition coefficient (Wildman–Crippen LogP) is 1.04. The summed E-state index contributed by atoms with van der Waals surface area (Å²) < 4.78 is 5.52. The summed E-state index contributed by atoms with van der Waals surface area (Å²) in [6.07, 6.45) is 2.58. The van der Waals surface area contributed by atoms with E-state index in [0.717, 1.165) is 0 Å². The number of Topliss-reactive ketones (excluding diaryl/α,β-unsaturated/α-hetero) is 1. The van der Waals surface area contributed by atoms with Gasteiger partial charge >= 0.3 is 0 Å². The summed E-state index contributed by atoms with van der Waals surface area (Å²) in [6.45, 7) is 2.14. The molecule has 8 nitrogen and oxygen atoms in total. The topological polar surface area (TPSA) is 116 Å². The second-order valence-electron chi connectivity index (χ2n) is 7.30. The Kier molecular flexibility index (Phi) is 4.48. The van der Waals surface area contributed by atoms with Crippen molar-refractivity contribution in [2.45, 2.75) is 6.92 Å². The second-order valence-corrected chi connectivity index (χ2v) is 7.30. The lowest BCUT2D eigenvalue weighted by molar-refractivity contribution is -0.113. The van der Waals surface area contributed by atoms with Crippen molar-refractivity contribution < 1.29 is 14.0 Å². The smallest absolute Gasteiger partial charge is 0.271 e. The highest BCUT2D eigenvalue weighted by Crippen LogP contribution is 2.29. The van der Waals surface area contributed by atoms with Crippen LogP contribution >= 0.6 is 0 Å². The zero-order chi connectivity index (χ0) is 22.4. The van der Waals surface area contributed by atoms with Gasteiger partial charge < -0.3 is 9.32 Å². The summed E-state index contributed by atoms with van der Waals surface area (Å²) in [5.74, 6) is -1.02. The van der Waals surface area contributed by atoms with Crippen molar-refractivity contribution in [2.24, 2.45) is 0 Å². The molecule has 2 N–H and O–H groups in total. The first kappa shape index (κ1) is 19.5. The third-order valence-electron chi connectivity index (χ3n) is 5.51. The number of hydrogen-bond donors (Lipinski definition) is 2. The van der Waals surface area contributed by atoms with Crippen molar-refractivity contribution in [2.75, 3.05) is 11.4 Å². The van der Waals surface area contributed by atoms with Crippen LogP contribution in [0.25, 0.3) is 22.6 Å². The molecule has 0 radical (unpaired) electrons. The number of ketones is 1. The molecule has 5 rings (SSSR count). The summed E-state index contributed by atoms with van der Waals surface area (Å²) >= 11 is 0. The van der Waals surface area contributed by atoms with E-state index in [-0.39, 0.29) is 27.1 Å². The van der Waals surface area contributed by atoms with Crippen molar-refractivity contribution in [1.29, 1.82) is 0 Å². The Bertz CT molecular complexity index is 1660. The maximum atomic E-state index is 13.2. The number of nitrogens with zero attached hydrogens (tertiary/aromatic N) is 1. The first-order valence-electron chi connectivity index (χ1n) is 10.00. The number of amides is 1. The van der Waals surface area contributed by atoms with Gasteiger partial charge in [-0.05, 0) is 37.3 Å². The fourth-order valence-electron chi connectivity index (χ4n) is 3.96. The number of carbonyl (C=O) groups excluding carboxylic acids is 2. The Balaban J connectivity index is 1.83. The van der Waals surface area contributed by atoms with E-state index >= 15 is 0 Å². The molecule has 1 aliphatic heterocycles. The molecular formula is C24H17N3O5. The third-order valence-corrected chi connectivity index (χ3v) is 5.51. The molecule has 0 aliphatic carbocycles. The van der Waals surface area contributed by atoms with Crippen LogP contribution in [0.15, 0.2) is 68.8 Å². The summed E-state index contributed by atoms with van der Waals surface area (Å²) in [6, 6.07) is 13.6. The van der Waals surface area contributed by atoms with E-state index in [0.29, 0.717) is 28.8 Å². The number of benzene rings is 2. The molecule has 4 aromatic rings. The number of aromatic amines is 2. The number of para-hydroxylation sites is 2. The molecule has 0 saturated heterocycles. The van der Waals surface area contributed by atoms with Crippen molar-refractivity contribution >= 4 is 40.0 Å². The summed E-state index contributed by atoms with van der Waals surface area (Å²) in [5.41, 5.74) is 0.363. The zero-order valence-electron chi connectivity index (χ0n) is 17.0. The van der Waals surface area contributed by atoms with Crippen LogP contribution in [-0.2, 0) is 4.79 Å². The highest BCUT2D eigenvalue weighted by atomic mass is 16.3. The molecular weight excluding hydrogens is 410 g/mol. The van der Waals surface area contributed by atoms with Crippen LogP contribution in [0.2, 0.25) is 0 Å². The molecule has 0 spiro atoms. The predicted molar refractivity (Wildman–Crippen MR) is 119 cm³/mol. The number of nitrogens with one attached hydrogen (secondary N) is 2. The van der Waals surface area contributed by atoms with Gasteiger partial charge in [0.2, 0.25) is 5.78 Å². The summed E-state index contributed by atoms with van der Waals surface area (Å²) in [4.78, 5) is 53.4. The minimum Gasteiger partial charge on any atom is -0.463 e. The standard InChI is InChI=1S/C24H17N3O5/c1-2-27-17-9-5-3-7-14(17)22(29)19(24(27)31)20-16(23(30)26-25-20)11-13-12-32-18-10-6-4-8-15(18)21(13)28/h3-12,25H,2H2,1H3,(H,26,30)/b16-11-,20-19-. The van der Waals surface area contributed by atoms with Gasteiger partial charge in [-0.15, -0.1) is 0 Å². The van der Waals surface area contributed by atoms with E-state index < -0.39 is 17.2 Å². The largest absolute Gasteiger partial charge is 0.463 e. The molecule has 0 bridgehead atoms. The van der Waals surface area contributed by atoms with E-state index in [9.17, 15) is 19.2 Å². The lowest BCUT2D eigenvalue weighted by Crippen LogP contribution is -2.45. The molecule has 1 aliphatic rings. The van der Waals surface area contributed by atoms with Crippen LogP contribution in [-0.4, -0.2) is 28.4 Å². The van der Waals surface area contributed by atoms with E-state index in [1.165, 1.54) is 17.2 Å². The molecule has 3 heterocycles. The fraction of sp³-hybridized carbons (Fsp3) is 0.0833. The molecule has 32 heavy (non-hydrogen) atoms. The van der Waals surface area contributed by atoms with E-state index in [1.54, 1.807) is 55.5 Å². The average molecular weight is 427 g/mol. The molecule has 158 valence electrons. The van der Waals surface area contributed by atoms with Gasteiger partial charge in [-0.1, -0.05) is 24.3 Å². The van der Waals surface area contributed by atoms with Crippen LogP contribution in [0.1, 0.15) is 22.8 Å². The number of hydrogen-bond acceptors (Lipinski definition) is 5. The molecule has 0 atom stereocenters. The number of anilines is 1. The Morgan fingerprint density at radius 3 is 2.53 bits per heavy atom. The Hall–Kier alpha value is -4.46. The number of fused-ring (bicyclic) bond motifs is 2. The van der Waals surface area contributed by atoms with Crippen LogP contribution in [0.4, 0.5) is 5.69 Å². The van der Waals surface area contributed by atoms with Gasteiger partial charge in [-0.3, -0.25) is 29.4 Å². The number of H-pyrrole nitrogens is 2. The Morgan fingerprint density at radius 1 is 0.969 bits per heavy atom. The van der Waals surface area contributed by atoms with Gasteiger partial charge in [-0.25, -0.2) is 0 Å². The molecule has 8 heteroatoms. The summed E-state index contributed by atoms with van der Waals surface area (Å²) in [5, 5.41) is 5.46. The highest BCUT2D eigenvalue weighted by Gasteiger charge is 2.35. The van der Waals surface area contributed by atoms with Gasteiger partial charge in [0.1, 0.15) is 17.4 Å². The zero-order valence-corrected chi connectivity index (χ0v) is 17.0. The Labute approximate surface area is 180 Å². The minimum atomic E-state index is -0.567. The molecule has 2 aromatic carbocycles. The molecule has 2 aromatic heterocycles. The molecule has 0 unspecified atom stereocenters. The van der Waals surface area contributed by atoms with Crippen LogP contribution < -0.4 is 26.5 Å². The van der Waals surface area contributed by atoms with Gasteiger partial charge in [0.05, 0.1) is 27.2 Å². The quantitative estimate of drug-likeness (QED) is 0.496. The van der Waals surface area contributed by atoms with Gasteiger partial charge in [-0.2, -0.15) is 0 Å². The fourth-order valence-corrected chi connectivity index (χ4v) is 3.96. The van der Waals surface area contributed by atoms with Gasteiger partial charge in [0, 0.05) is 12.1 Å². The SMILES string of the molecule is CCN1C(=O)/C(=c2\[nH][nH]c(=O)\c2=C/c2coc3ccccc3c2=O)C(=O)c2ccccc21. The Morgan fingerprint density at radius 2 is 1.72 bits per heavy atom. The van der Waals surface area contributed by atoms with Crippen molar-refractivity contribution in [3.05, 3.63) is 97.1 Å². The van der Waals surface area contributed by atoms with Crippen LogP contribution in [0.5, 0.6) is 0 Å². The van der Waals surface area contributed by atoms with Crippen LogP contribution in [0.3, 0.4) is 0 Å². The lowest BCUT2D eigenvalue weighted by Gasteiger charge is -2.28. The summed E-state index contributed by atoms with van der Waals surface area (Å²) in [7, 11) is 0. The van der Waals surface area contributed by atoms with Crippen molar-refractivity contribution in [3.63, 3.8) is 0 Å². The van der Waals surface area contributed by atoms with Crippen molar-refractivity contribution in [1.82, 2.24) is 10.2 Å². The highest BCUT2D eigenvalue weighted by molar-refractivity contribution is 6.51. The van der Waals surface area contributed by atoms with Crippen LogP contribution in [0, 0.1) is 0 Å². The van der Waals surface area contributed by atoms with Crippen molar-refractivity contribution in [3.8, 4) is 0 Å². The molecule has 0 fully saturated rings. The van der Waals surface area contributed by atoms with E-state index in [1.807, 2.05) is 0 Å². The first-order valence-corrected chi connectivity index (χ1v) is 10.00. The maximum Gasteiger partial charge on any atom is 0.271 e. The second kappa shape index (κ2) is 7.35. The number of carbonyl (C=O) groups is 2. The normalized spacial score (nSPS) is 16.0. The molecule has 1 amide bonds. The third kappa shape index (κ3) is 2.84.